The molecule has 0 aliphatic carbocycles. The van der Waals surface area contributed by atoms with E-state index in [0.717, 1.165) is 18.4 Å². The molecule has 32 heavy (non-hydrogen) atoms. The summed E-state index contributed by atoms with van der Waals surface area (Å²) < 4.78 is 11.5. The molecule has 0 amide bonds. The minimum Gasteiger partial charge on any atom is -0.481 e. The molecule has 0 spiro atoms. The van der Waals surface area contributed by atoms with E-state index in [1.807, 2.05) is 19.1 Å². The van der Waals surface area contributed by atoms with Gasteiger partial charge >= 0.3 is 5.97 Å². The number of hydrogen-bond donors (Lipinski definition) is 2. The number of anilines is 1. The van der Waals surface area contributed by atoms with Gasteiger partial charge in [-0.1, -0.05) is 35.4 Å². The molecule has 0 radical (unpaired) electrons. The van der Waals surface area contributed by atoms with E-state index in [0.29, 0.717) is 22.2 Å². The van der Waals surface area contributed by atoms with E-state index in [9.17, 15) is 9.59 Å². The molecule has 0 unspecified atom stereocenters. The number of pyridine rings is 1. The Labute approximate surface area is 187 Å². The number of fused-ring (bicyclic) bond motifs is 1. The van der Waals surface area contributed by atoms with Crippen LogP contribution in [0.15, 0.2) is 76.6 Å². The second-order valence-electron chi connectivity index (χ2n) is 7.85. The molecule has 0 atom stereocenters. The maximum Gasteiger partial charge on any atom is 0.343 e. The van der Waals surface area contributed by atoms with E-state index in [1.165, 1.54) is 5.57 Å². The summed E-state index contributed by atoms with van der Waals surface area (Å²) in [5.74, 6) is -0.541. The molecule has 3 rings (SSSR count). The van der Waals surface area contributed by atoms with Crippen LogP contribution in [0.3, 0.4) is 0 Å². The van der Waals surface area contributed by atoms with Crippen molar-refractivity contribution in [2.24, 2.45) is 0 Å². The van der Waals surface area contributed by atoms with Crippen LogP contribution in [0.2, 0.25) is 0 Å². The first-order valence-electron chi connectivity index (χ1n) is 10.5. The summed E-state index contributed by atoms with van der Waals surface area (Å²) >= 11 is 0. The molecule has 1 aromatic heterocycles. The molecule has 2 aromatic carbocycles. The number of nitrogens with one attached hydrogen (secondary N) is 1. The minimum absolute atomic E-state index is 0.0418. The van der Waals surface area contributed by atoms with Crippen LogP contribution in [0.1, 0.15) is 44.0 Å². The number of hydrogen-bond acceptors (Lipinski definition) is 5. The standard InChI is InChI=1S/C26H28N2O4/c1-17(2)8-7-9-18(3)14-15-31-24-23(32-26(30)19-10-5-4-6-11-19)21-13-12-20(27)16-22(21)28-25(24)29/h4-6,8,10-14,16H,7,9,15,27H2,1-3H3,(H,28,29). The van der Waals surface area contributed by atoms with Crippen molar-refractivity contribution >= 4 is 22.6 Å². The largest absolute Gasteiger partial charge is 0.481 e. The summed E-state index contributed by atoms with van der Waals surface area (Å²) in [4.78, 5) is 28.2. The Balaban J connectivity index is 1.91. The van der Waals surface area contributed by atoms with Gasteiger partial charge in [-0.3, -0.25) is 4.79 Å². The van der Waals surface area contributed by atoms with Gasteiger partial charge in [0.2, 0.25) is 5.75 Å². The van der Waals surface area contributed by atoms with Crippen molar-refractivity contribution in [2.75, 3.05) is 12.3 Å². The predicted molar refractivity (Wildman–Crippen MR) is 128 cm³/mol. The zero-order valence-corrected chi connectivity index (χ0v) is 18.6. The van der Waals surface area contributed by atoms with E-state index in [1.54, 1.807) is 42.5 Å². The van der Waals surface area contributed by atoms with Gasteiger partial charge in [-0.05, 0) is 70.0 Å². The average molecular weight is 433 g/mol. The molecule has 0 fully saturated rings. The molecule has 6 nitrogen and oxygen atoms in total. The van der Waals surface area contributed by atoms with Gasteiger partial charge in [0, 0.05) is 11.1 Å². The van der Waals surface area contributed by atoms with Gasteiger partial charge < -0.3 is 20.2 Å². The number of ether oxygens (including phenoxy) is 2. The van der Waals surface area contributed by atoms with Crippen LogP contribution in [-0.2, 0) is 0 Å². The van der Waals surface area contributed by atoms with E-state index < -0.39 is 11.5 Å². The first-order valence-corrected chi connectivity index (χ1v) is 10.5. The van der Waals surface area contributed by atoms with Crippen molar-refractivity contribution in [1.82, 2.24) is 4.98 Å². The number of benzene rings is 2. The number of esters is 1. The maximum absolute atomic E-state index is 12.8. The van der Waals surface area contributed by atoms with Crippen molar-refractivity contribution in [3.05, 3.63) is 87.7 Å². The average Bonchev–Trinajstić information content (AvgIpc) is 2.75. The number of nitrogen functional groups attached to an aromatic ring is 1. The third-order valence-corrected chi connectivity index (χ3v) is 4.90. The van der Waals surface area contributed by atoms with Crippen LogP contribution in [0, 0.1) is 0 Å². The van der Waals surface area contributed by atoms with Gasteiger partial charge in [0.25, 0.3) is 5.56 Å². The van der Waals surface area contributed by atoms with Crippen LogP contribution in [0.5, 0.6) is 11.5 Å². The Morgan fingerprint density at radius 3 is 2.50 bits per heavy atom. The van der Waals surface area contributed by atoms with Crippen LogP contribution in [0.4, 0.5) is 5.69 Å². The third kappa shape index (κ3) is 5.88. The van der Waals surface area contributed by atoms with Crippen LogP contribution in [-0.4, -0.2) is 17.6 Å². The van der Waals surface area contributed by atoms with Gasteiger partial charge in [0.15, 0.2) is 5.75 Å². The number of carbonyl (C=O) groups is 1. The van der Waals surface area contributed by atoms with Gasteiger partial charge in [0.1, 0.15) is 6.61 Å². The normalized spacial score (nSPS) is 11.3. The molecular weight excluding hydrogens is 404 g/mol. The molecule has 0 aliphatic rings. The van der Waals surface area contributed by atoms with E-state index in [4.69, 9.17) is 15.2 Å². The third-order valence-electron chi connectivity index (χ3n) is 4.90. The fourth-order valence-corrected chi connectivity index (χ4v) is 3.18. The smallest absolute Gasteiger partial charge is 0.343 e. The molecule has 0 saturated heterocycles. The highest BCUT2D eigenvalue weighted by atomic mass is 16.6. The fourth-order valence-electron chi connectivity index (χ4n) is 3.18. The second kappa shape index (κ2) is 10.5. The van der Waals surface area contributed by atoms with Crippen molar-refractivity contribution < 1.29 is 14.3 Å². The summed E-state index contributed by atoms with van der Waals surface area (Å²) in [5.41, 5.74) is 9.11. The molecule has 3 aromatic rings. The zero-order chi connectivity index (χ0) is 23.1. The van der Waals surface area contributed by atoms with Gasteiger partial charge in [-0.15, -0.1) is 0 Å². The SMILES string of the molecule is CC(C)=CCCC(C)=CCOc1c(OC(=O)c2ccccc2)c2ccc(N)cc2[nH]c1=O. The first kappa shape index (κ1) is 22.9. The molecule has 1 heterocycles. The summed E-state index contributed by atoms with van der Waals surface area (Å²) in [6.07, 6.45) is 5.95. The Kier molecular flexibility index (Phi) is 7.49. The van der Waals surface area contributed by atoms with Crippen molar-refractivity contribution in [3.63, 3.8) is 0 Å². The lowest BCUT2D eigenvalue weighted by Crippen LogP contribution is -2.17. The molecular formula is C26H28N2O4. The number of aromatic amines is 1. The zero-order valence-electron chi connectivity index (χ0n) is 18.6. The summed E-state index contributed by atoms with van der Waals surface area (Å²) in [6, 6.07) is 13.6. The van der Waals surface area contributed by atoms with E-state index in [2.05, 4.69) is 24.9 Å². The highest BCUT2D eigenvalue weighted by Crippen LogP contribution is 2.33. The number of allylic oxidation sites excluding steroid dienone is 3. The molecule has 166 valence electrons. The number of aromatic nitrogens is 1. The molecule has 0 bridgehead atoms. The predicted octanol–water partition coefficient (Wildman–Crippen LogP) is 5.40. The summed E-state index contributed by atoms with van der Waals surface area (Å²) in [6.45, 7) is 6.34. The van der Waals surface area contributed by atoms with Gasteiger partial charge in [-0.2, -0.15) is 0 Å². The van der Waals surface area contributed by atoms with E-state index in [-0.39, 0.29) is 18.1 Å². The lowest BCUT2D eigenvalue weighted by Gasteiger charge is -2.13. The topological polar surface area (TPSA) is 94.4 Å². The van der Waals surface area contributed by atoms with Crippen molar-refractivity contribution in [2.45, 2.75) is 33.6 Å². The first-order chi connectivity index (χ1) is 15.3. The molecule has 3 N–H and O–H groups in total. The Hall–Kier alpha value is -3.80. The Morgan fingerprint density at radius 1 is 1.03 bits per heavy atom. The highest BCUT2D eigenvalue weighted by molar-refractivity contribution is 5.96. The quantitative estimate of drug-likeness (QED) is 0.282. The van der Waals surface area contributed by atoms with Crippen LogP contribution < -0.4 is 20.8 Å². The molecule has 0 saturated carbocycles. The Morgan fingerprint density at radius 2 is 1.78 bits per heavy atom. The number of carbonyl (C=O) groups excluding carboxylic acids is 1. The van der Waals surface area contributed by atoms with E-state index >= 15 is 0 Å². The maximum atomic E-state index is 12.8. The highest BCUT2D eigenvalue weighted by Gasteiger charge is 2.20. The lowest BCUT2D eigenvalue weighted by atomic mass is 10.1. The van der Waals surface area contributed by atoms with Crippen molar-refractivity contribution in [1.29, 1.82) is 0 Å². The van der Waals surface area contributed by atoms with Crippen molar-refractivity contribution in [3.8, 4) is 11.5 Å². The molecule has 6 heteroatoms. The summed E-state index contributed by atoms with van der Waals surface area (Å²) in [5, 5.41) is 0.530. The lowest BCUT2D eigenvalue weighted by molar-refractivity contribution is 0.0731. The minimum atomic E-state index is -0.576. The Bertz CT molecular complexity index is 1220. The second-order valence-corrected chi connectivity index (χ2v) is 7.85. The van der Waals surface area contributed by atoms with Gasteiger partial charge in [-0.25, -0.2) is 4.79 Å². The van der Waals surface area contributed by atoms with Crippen LogP contribution in [0.25, 0.3) is 10.9 Å². The number of H-pyrrole nitrogens is 1. The van der Waals surface area contributed by atoms with Gasteiger partial charge in [0.05, 0.1) is 11.1 Å². The monoisotopic (exact) mass is 432 g/mol. The van der Waals surface area contributed by atoms with Crippen LogP contribution >= 0.6 is 0 Å². The molecule has 0 aliphatic heterocycles. The number of rotatable bonds is 8. The summed E-state index contributed by atoms with van der Waals surface area (Å²) in [7, 11) is 0. The fraction of sp³-hybridized carbons (Fsp3) is 0.231. The number of nitrogens with two attached hydrogens (primary N) is 1.